The Hall–Kier alpha value is -3.78. The van der Waals surface area contributed by atoms with Crippen molar-refractivity contribution in [2.45, 2.75) is 95.3 Å². The number of carbonyl (C=O) groups excluding carboxylic acids is 5. The number of hydrogen-bond acceptors (Lipinski definition) is 11. The van der Waals surface area contributed by atoms with E-state index in [4.69, 9.17) is 25.8 Å². The standard InChI is InChI=1S/C33H34ClN3O8S2/c1-16-12-17-14-37(29(40)23(17)26(35-16)46-19-10-8-18(34)9-11-19)28(39)21-13-20-22(15-43-21)47-27(24(20)30(41)44-32(2,3)4)36-25(38)31(42)45-33(5,6)7/h8-12,21H,13-15H2,1-7H3,(H,36,38). The molecule has 3 aromatic rings. The molecule has 1 atom stereocenters. The van der Waals surface area contributed by atoms with Crippen LogP contribution in [0.3, 0.4) is 0 Å². The highest BCUT2D eigenvalue weighted by molar-refractivity contribution is 7.99. The highest BCUT2D eigenvalue weighted by atomic mass is 35.5. The van der Waals surface area contributed by atoms with Crippen molar-refractivity contribution in [3.63, 3.8) is 0 Å². The van der Waals surface area contributed by atoms with Crippen LogP contribution in [0.4, 0.5) is 5.00 Å². The summed E-state index contributed by atoms with van der Waals surface area (Å²) in [7, 11) is 0. The molecule has 2 aliphatic rings. The van der Waals surface area contributed by atoms with Gasteiger partial charge >= 0.3 is 17.8 Å². The van der Waals surface area contributed by atoms with Crippen LogP contribution in [-0.4, -0.2) is 56.9 Å². The van der Waals surface area contributed by atoms with E-state index >= 15 is 0 Å². The fourth-order valence-corrected chi connectivity index (χ4v) is 7.28. The van der Waals surface area contributed by atoms with Gasteiger partial charge in [-0.3, -0.25) is 19.3 Å². The number of benzene rings is 1. The van der Waals surface area contributed by atoms with Gasteiger partial charge in [-0.15, -0.1) is 11.3 Å². The first kappa shape index (κ1) is 34.6. The van der Waals surface area contributed by atoms with Gasteiger partial charge in [0.2, 0.25) is 0 Å². The Morgan fingerprint density at radius 1 is 1.06 bits per heavy atom. The number of esters is 2. The molecule has 14 heteroatoms. The summed E-state index contributed by atoms with van der Waals surface area (Å²) in [6.07, 6.45) is -1.17. The van der Waals surface area contributed by atoms with Gasteiger partial charge in [-0.05, 0) is 89.9 Å². The van der Waals surface area contributed by atoms with Gasteiger partial charge in [-0.25, -0.2) is 14.6 Å². The Morgan fingerprint density at radius 3 is 2.36 bits per heavy atom. The number of rotatable bonds is 5. The van der Waals surface area contributed by atoms with Crippen LogP contribution in [0.2, 0.25) is 5.02 Å². The number of aryl methyl sites for hydroxylation is 1. The SMILES string of the molecule is Cc1cc2c(c(Sc3ccc(Cl)cc3)n1)C(=O)N(C(=O)C1Cc3c(sc(NC(=O)C(=O)OC(C)(C)C)c3C(=O)OC(C)(C)C)CO1)C2. The second-order valence-corrected chi connectivity index (χ2v) is 15.7. The van der Waals surface area contributed by atoms with Gasteiger partial charge in [-0.2, -0.15) is 0 Å². The number of halogens is 1. The van der Waals surface area contributed by atoms with Gasteiger partial charge in [0.15, 0.2) is 0 Å². The van der Waals surface area contributed by atoms with Crippen LogP contribution in [0, 0.1) is 6.92 Å². The van der Waals surface area contributed by atoms with E-state index in [-0.39, 0.29) is 30.1 Å². The van der Waals surface area contributed by atoms with E-state index in [0.717, 1.165) is 21.1 Å². The number of anilines is 1. The average molecular weight is 700 g/mol. The number of nitrogens with one attached hydrogen (secondary N) is 1. The molecule has 0 saturated heterocycles. The maximum absolute atomic E-state index is 13.9. The molecule has 1 unspecified atom stereocenters. The minimum absolute atomic E-state index is 0.0236. The number of amides is 3. The van der Waals surface area contributed by atoms with Crippen LogP contribution in [0.5, 0.6) is 0 Å². The van der Waals surface area contributed by atoms with Crippen molar-refractivity contribution >= 4 is 69.4 Å². The molecule has 5 rings (SSSR count). The Balaban J connectivity index is 1.41. The summed E-state index contributed by atoms with van der Waals surface area (Å²) < 4.78 is 16.7. The maximum Gasteiger partial charge on any atom is 0.397 e. The normalized spacial score (nSPS) is 16.0. The zero-order valence-electron chi connectivity index (χ0n) is 26.9. The molecule has 0 spiro atoms. The molecule has 0 aliphatic carbocycles. The summed E-state index contributed by atoms with van der Waals surface area (Å²) in [5, 5.41) is 3.63. The molecule has 2 aliphatic heterocycles. The number of nitrogens with zero attached hydrogens (tertiary/aromatic N) is 2. The van der Waals surface area contributed by atoms with E-state index in [2.05, 4.69) is 10.3 Å². The first-order chi connectivity index (χ1) is 21.9. The first-order valence-corrected chi connectivity index (χ1v) is 16.7. The smallest absolute Gasteiger partial charge is 0.397 e. The first-order valence-electron chi connectivity index (χ1n) is 14.7. The van der Waals surface area contributed by atoms with Gasteiger partial charge < -0.3 is 19.5 Å². The molecule has 248 valence electrons. The van der Waals surface area contributed by atoms with Crippen molar-refractivity contribution in [1.29, 1.82) is 0 Å². The molecule has 4 heterocycles. The highest BCUT2D eigenvalue weighted by Crippen LogP contribution is 2.41. The highest BCUT2D eigenvalue weighted by Gasteiger charge is 2.42. The predicted octanol–water partition coefficient (Wildman–Crippen LogP) is 6.12. The molecule has 3 amide bonds. The fraction of sp³-hybridized carbons (Fsp3) is 0.394. The predicted molar refractivity (Wildman–Crippen MR) is 176 cm³/mol. The molecule has 0 fully saturated rings. The summed E-state index contributed by atoms with van der Waals surface area (Å²) in [5.74, 6) is -3.98. The minimum Gasteiger partial charge on any atom is -0.456 e. The number of carbonyl (C=O) groups is 5. The van der Waals surface area contributed by atoms with Crippen molar-refractivity contribution in [3.8, 4) is 0 Å². The fourth-order valence-electron chi connectivity index (χ4n) is 5.02. The average Bonchev–Trinajstić information content (AvgIpc) is 3.48. The Kier molecular flexibility index (Phi) is 9.57. The second kappa shape index (κ2) is 13.0. The van der Waals surface area contributed by atoms with E-state index in [1.54, 1.807) is 59.7 Å². The molecule has 47 heavy (non-hydrogen) atoms. The quantitative estimate of drug-likeness (QED) is 0.188. The monoisotopic (exact) mass is 699 g/mol. The number of hydrogen-bond donors (Lipinski definition) is 1. The Morgan fingerprint density at radius 2 is 1.72 bits per heavy atom. The lowest BCUT2D eigenvalue weighted by Gasteiger charge is -2.26. The van der Waals surface area contributed by atoms with Crippen molar-refractivity contribution in [1.82, 2.24) is 9.88 Å². The third-order valence-corrected chi connectivity index (χ3v) is 9.23. The van der Waals surface area contributed by atoms with Gasteiger partial charge in [0.1, 0.15) is 27.3 Å². The zero-order valence-corrected chi connectivity index (χ0v) is 29.3. The number of imide groups is 1. The lowest BCUT2D eigenvalue weighted by atomic mass is 9.99. The summed E-state index contributed by atoms with van der Waals surface area (Å²) in [5.41, 5.74) is 0.389. The van der Waals surface area contributed by atoms with Gasteiger partial charge in [-0.1, -0.05) is 23.4 Å². The molecule has 1 N–H and O–H groups in total. The Bertz CT molecular complexity index is 1790. The molecule has 1 aromatic carbocycles. The summed E-state index contributed by atoms with van der Waals surface area (Å²) in [4.78, 5) is 73.4. The lowest BCUT2D eigenvalue weighted by molar-refractivity contribution is -0.161. The largest absolute Gasteiger partial charge is 0.456 e. The molecular formula is C33H34ClN3O8S2. The third-order valence-electron chi connectivity index (χ3n) is 6.86. The molecule has 0 radical (unpaired) electrons. The lowest BCUT2D eigenvalue weighted by Crippen LogP contribution is -2.43. The van der Waals surface area contributed by atoms with E-state index in [1.165, 1.54) is 11.8 Å². The van der Waals surface area contributed by atoms with Crippen LogP contribution >= 0.6 is 34.7 Å². The molecular weight excluding hydrogens is 666 g/mol. The van der Waals surface area contributed by atoms with Crippen molar-refractivity contribution in [2.75, 3.05) is 5.32 Å². The van der Waals surface area contributed by atoms with Crippen LogP contribution in [0.1, 0.15) is 84.0 Å². The van der Waals surface area contributed by atoms with E-state index in [9.17, 15) is 24.0 Å². The Labute approximate surface area is 285 Å². The summed E-state index contributed by atoms with van der Waals surface area (Å²) >= 11 is 8.38. The van der Waals surface area contributed by atoms with Crippen molar-refractivity contribution in [2.24, 2.45) is 0 Å². The van der Waals surface area contributed by atoms with E-state index in [0.29, 0.717) is 37.3 Å². The van der Waals surface area contributed by atoms with Gasteiger partial charge in [0, 0.05) is 26.9 Å². The number of aromatic nitrogens is 1. The number of ether oxygens (including phenoxy) is 3. The van der Waals surface area contributed by atoms with E-state index < -0.39 is 47.0 Å². The topological polar surface area (TPSA) is 141 Å². The maximum atomic E-state index is 13.9. The number of thiophene rings is 1. The summed E-state index contributed by atoms with van der Waals surface area (Å²) in [6.45, 7) is 11.8. The zero-order chi connectivity index (χ0) is 34.4. The number of pyridine rings is 1. The molecule has 0 saturated carbocycles. The molecule has 0 bridgehead atoms. The van der Waals surface area contributed by atoms with Crippen molar-refractivity contribution in [3.05, 3.63) is 68.2 Å². The summed E-state index contributed by atoms with van der Waals surface area (Å²) in [6, 6.07) is 8.93. The molecule has 11 nitrogen and oxygen atoms in total. The van der Waals surface area contributed by atoms with Gasteiger partial charge in [0.05, 0.1) is 24.3 Å². The van der Waals surface area contributed by atoms with Crippen LogP contribution in [-0.2, 0) is 48.2 Å². The molecule has 2 aromatic heterocycles. The van der Waals surface area contributed by atoms with Crippen LogP contribution in [0.25, 0.3) is 0 Å². The minimum atomic E-state index is -1.12. The van der Waals surface area contributed by atoms with Gasteiger partial charge in [0.25, 0.3) is 11.8 Å². The number of fused-ring (bicyclic) bond motifs is 2. The second-order valence-electron chi connectivity index (χ2n) is 13.1. The van der Waals surface area contributed by atoms with E-state index in [1.807, 2.05) is 19.1 Å². The van der Waals surface area contributed by atoms with Crippen LogP contribution in [0.15, 0.2) is 40.3 Å². The third kappa shape index (κ3) is 7.86. The van der Waals surface area contributed by atoms with Crippen LogP contribution < -0.4 is 5.32 Å². The van der Waals surface area contributed by atoms with Crippen molar-refractivity contribution < 1.29 is 38.2 Å².